The first-order valence-electron chi connectivity index (χ1n) is 4.07. The summed E-state index contributed by atoms with van der Waals surface area (Å²) in [7, 11) is 1.59. The van der Waals surface area contributed by atoms with Crippen LogP contribution in [0.1, 0.15) is 10.5 Å². The maximum absolute atomic E-state index is 10.9. The molecule has 0 saturated heterocycles. The molecule has 0 fully saturated rings. The van der Waals surface area contributed by atoms with E-state index in [0.717, 1.165) is 16.7 Å². The monoisotopic (exact) mass is 209 g/mol. The molecule has 2 aromatic rings. The third-order valence-electron chi connectivity index (χ3n) is 2.04. The van der Waals surface area contributed by atoms with Crippen LogP contribution >= 0.6 is 11.6 Å². The van der Waals surface area contributed by atoms with Crippen LogP contribution < -0.4 is 4.74 Å². The number of hydrogen-bond donors (Lipinski definition) is 1. The van der Waals surface area contributed by atoms with Crippen LogP contribution in [-0.2, 0) is 0 Å². The molecular formula is C10H8ClNO2. The fourth-order valence-electron chi connectivity index (χ4n) is 1.34. The van der Waals surface area contributed by atoms with Gasteiger partial charge in [-0.15, -0.1) is 0 Å². The van der Waals surface area contributed by atoms with Crippen molar-refractivity contribution < 1.29 is 9.53 Å². The lowest BCUT2D eigenvalue weighted by Gasteiger charge is -1.97. The fourth-order valence-corrected chi connectivity index (χ4v) is 1.44. The first-order valence-corrected chi connectivity index (χ1v) is 4.45. The van der Waals surface area contributed by atoms with Gasteiger partial charge in [-0.2, -0.15) is 0 Å². The number of benzene rings is 1. The summed E-state index contributed by atoms with van der Waals surface area (Å²) in [6.45, 7) is 0. The number of rotatable bonds is 2. The number of halogens is 1. The van der Waals surface area contributed by atoms with Crippen LogP contribution in [0.15, 0.2) is 24.3 Å². The molecule has 0 aliphatic rings. The third-order valence-corrected chi connectivity index (χ3v) is 2.24. The Bertz CT molecular complexity index is 490. The van der Waals surface area contributed by atoms with Crippen LogP contribution in [0.2, 0.25) is 0 Å². The Morgan fingerprint density at radius 3 is 2.86 bits per heavy atom. The highest BCUT2D eigenvalue weighted by Gasteiger charge is 2.06. The summed E-state index contributed by atoms with van der Waals surface area (Å²) >= 11 is 5.35. The zero-order chi connectivity index (χ0) is 10.1. The van der Waals surface area contributed by atoms with Crippen molar-refractivity contribution >= 4 is 27.7 Å². The first-order chi connectivity index (χ1) is 6.70. The summed E-state index contributed by atoms with van der Waals surface area (Å²) in [4.78, 5) is 13.8. The molecule has 0 amide bonds. The zero-order valence-electron chi connectivity index (χ0n) is 7.50. The van der Waals surface area contributed by atoms with Gasteiger partial charge in [0.2, 0.25) is 0 Å². The van der Waals surface area contributed by atoms with Crippen molar-refractivity contribution in [2.75, 3.05) is 7.11 Å². The number of ether oxygens (including phenoxy) is 1. The number of H-pyrrole nitrogens is 1. The van der Waals surface area contributed by atoms with E-state index in [2.05, 4.69) is 4.98 Å². The molecule has 0 unspecified atom stereocenters. The molecular weight excluding hydrogens is 202 g/mol. The highest BCUT2D eigenvalue weighted by molar-refractivity contribution is 6.67. The van der Waals surface area contributed by atoms with Gasteiger partial charge in [0, 0.05) is 17.0 Å². The van der Waals surface area contributed by atoms with Crippen LogP contribution in [0.4, 0.5) is 0 Å². The molecule has 0 aliphatic carbocycles. The number of hydrogen-bond acceptors (Lipinski definition) is 2. The van der Waals surface area contributed by atoms with Crippen molar-refractivity contribution in [1.29, 1.82) is 0 Å². The summed E-state index contributed by atoms with van der Waals surface area (Å²) in [5.41, 5.74) is 1.24. The lowest BCUT2D eigenvalue weighted by Crippen LogP contribution is -1.86. The van der Waals surface area contributed by atoms with Crippen molar-refractivity contribution in [3.63, 3.8) is 0 Å². The zero-order valence-corrected chi connectivity index (χ0v) is 8.26. The lowest BCUT2D eigenvalue weighted by atomic mass is 10.2. The summed E-state index contributed by atoms with van der Waals surface area (Å²) in [5.74, 6) is 0.743. The molecule has 0 spiro atoms. The van der Waals surface area contributed by atoms with Crippen LogP contribution in [0.25, 0.3) is 10.9 Å². The molecule has 3 nitrogen and oxygen atoms in total. The van der Waals surface area contributed by atoms with Gasteiger partial charge in [-0.3, -0.25) is 4.79 Å². The maximum atomic E-state index is 10.9. The topological polar surface area (TPSA) is 42.1 Å². The average Bonchev–Trinajstić information content (AvgIpc) is 2.59. The number of fused-ring (bicyclic) bond motifs is 1. The molecule has 14 heavy (non-hydrogen) atoms. The smallest absolute Gasteiger partial charge is 0.268 e. The van der Waals surface area contributed by atoms with E-state index < -0.39 is 5.24 Å². The minimum atomic E-state index is -0.486. The Morgan fingerprint density at radius 1 is 1.43 bits per heavy atom. The van der Waals surface area contributed by atoms with Crippen molar-refractivity contribution in [3.05, 3.63) is 30.0 Å². The van der Waals surface area contributed by atoms with Gasteiger partial charge in [0.25, 0.3) is 5.24 Å². The van der Waals surface area contributed by atoms with E-state index in [4.69, 9.17) is 16.3 Å². The van der Waals surface area contributed by atoms with E-state index in [9.17, 15) is 4.79 Å². The standard InChI is InChI=1S/C10H8ClNO2/c1-14-7-3-2-6-4-9(10(11)13)12-8(6)5-7/h2-5,12H,1H3. The van der Waals surface area contributed by atoms with Gasteiger partial charge in [0.1, 0.15) is 5.75 Å². The molecule has 72 valence electrons. The number of nitrogens with one attached hydrogen (secondary N) is 1. The van der Waals surface area contributed by atoms with Gasteiger partial charge in [-0.05, 0) is 29.8 Å². The van der Waals surface area contributed by atoms with E-state index >= 15 is 0 Å². The maximum Gasteiger partial charge on any atom is 0.268 e. The normalized spacial score (nSPS) is 10.4. The van der Waals surface area contributed by atoms with E-state index in [0.29, 0.717) is 5.69 Å². The van der Waals surface area contributed by atoms with E-state index in [1.165, 1.54) is 0 Å². The second-order valence-corrected chi connectivity index (χ2v) is 3.25. The van der Waals surface area contributed by atoms with Crippen LogP contribution in [0, 0.1) is 0 Å². The number of aromatic amines is 1. The van der Waals surface area contributed by atoms with Crippen LogP contribution in [-0.4, -0.2) is 17.3 Å². The minimum absolute atomic E-state index is 0.398. The van der Waals surface area contributed by atoms with Gasteiger partial charge in [0.05, 0.1) is 12.8 Å². The SMILES string of the molecule is COc1ccc2cc(C(=O)Cl)[nH]c2c1. The van der Waals surface area contributed by atoms with E-state index in [1.807, 2.05) is 18.2 Å². The molecule has 0 atom stereocenters. The predicted octanol–water partition coefficient (Wildman–Crippen LogP) is 2.56. The molecule has 1 N–H and O–H groups in total. The summed E-state index contributed by atoms with van der Waals surface area (Å²) in [5, 5.41) is 0.454. The van der Waals surface area contributed by atoms with Gasteiger partial charge < -0.3 is 9.72 Å². The van der Waals surface area contributed by atoms with Crippen molar-refractivity contribution in [2.45, 2.75) is 0 Å². The number of carbonyl (C=O) groups is 1. The predicted molar refractivity (Wildman–Crippen MR) is 55.0 cm³/mol. The van der Waals surface area contributed by atoms with Gasteiger partial charge in [0.15, 0.2) is 0 Å². The highest BCUT2D eigenvalue weighted by atomic mass is 35.5. The second-order valence-electron chi connectivity index (χ2n) is 2.91. The molecule has 4 heteroatoms. The largest absolute Gasteiger partial charge is 0.497 e. The van der Waals surface area contributed by atoms with E-state index in [-0.39, 0.29) is 0 Å². The quantitative estimate of drug-likeness (QED) is 0.773. The molecule has 0 radical (unpaired) electrons. The summed E-state index contributed by atoms with van der Waals surface area (Å²) in [6.07, 6.45) is 0. The second kappa shape index (κ2) is 3.35. The first kappa shape index (κ1) is 9.09. The lowest BCUT2D eigenvalue weighted by molar-refractivity contribution is 0.107. The van der Waals surface area contributed by atoms with Crippen molar-refractivity contribution in [1.82, 2.24) is 4.98 Å². The number of carbonyl (C=O) groups excluding carboxylic acids is 1. The molecule has 0 saturated carbocycles. The molecule has 0 bridgehead atoms. The molecule has 1 aromatic heterocycles. The van der Waals surface area contributed by atoms with Gasteiger partial charge >= 0.3 is 0 Å². The number of aromatic nitrogens is 1. The Morgan fingerprint density at radius 2 is 2.21 bits per heavy atom. The van der Waals surface area contributed by atoms with Crippen molar-refractivity contribution in [2.24, 2.45) is 0 Å². The Labute approximate surface area is 85.6 Å². The summed E-state index contributed by atoms with van der Waals surface area (Å²) < 4.78 is 5.05. The third kappa shape index (κ3) is 1.46. The highest BCUT2D eigenvalue weighted by Crippen LogP contribution is 2.21. The molecule has 2 rings (SSSR count). The Hall–Kier alpha value is -1.48. The van der Waals surface area contributed by atoms with Crippen LogP contribution in [0.3, 0.4) is 0 Å². The minimum Gasteiger partial charge on any atom is -0.497 e. The molecule has 0 aliphatic heterocycles. The van der Waals surface area contributed by atoms with E-state index in [1.54, 1.807) is 13.2 Å². The Kier molecular flexibility index (Phi) is 2.17. The van der Waals surface area contributed by atoms with Gasteiger partial charge in [-0.1, -0.05) is 0 Å². The summed E-state index contributed by atoms with van der Waals surface area (Å²) in [6, 6.07) is 7.23. The van der Waals surface area contributed by atoms with Gasteiger partial charge in [-0.25, -0.2) is 0 Å². The average molecular weight is 210 g/mol. The molecule has 1 aromatic carbocycles. The molecule has 1 heterocycles. The number of methoxy groups -OCH3 is 1. The van der Waals surface area contributed by atoms with Crippen LogP contribution in [0.5, 0.6) is 5.75 Å². The Balaban J connectivity index is 2.60. The van der Waals surface area contributed by atoms with Crippen molar-refractivity contribution in [3.8, 4) is 5.75 Å². The fraction of sp³-hybridized carbons (Fsp3) is 0.100.